The lowest BCUT2D eigenvalue weighted by Crippen LogP contribution is -2.33. The van der Waals surface area contributed by atoms with Crippen molar-refractivity contribution < 1.29 is 14.9 Å². The predicted molar refractivity (Wildman–Crippen MR) is 97.4 cm³/mol. The largest absolute Gasteiger partial charge is 0.508 e. The first-order valence-corrected chi connectivity index (χ1v) is 7.42. The molecule has 25 heavy (non-hydrogen) atoms. The minimum absolute atomic E-state index is 0.0817. The highest BCUT2D eigenvalue weighted by Crippen LogP contribution is 2.37. The first-order valence-electron chi connectivity index (χ1n) is 7.42. The minimum Gasteiger partial charge on any atom is -0.508 e. The molecule has 0 aromatic heterocycles. The van der Waals surface area contributed by atoms with Crippen LogP contribution >= 0.6 is 0 Å². The number of fused-ring (bicyclic) bond motifs is 1. The van der Waals surface area contributed by atoms with Gasteiger partial charge in [0, 0.05) is 30.1 Å². The Hall–Kier alpha value is -3.61. The molecule has 0 saturated carbocycles. The van der Waals surface area contributed by atoms with Crippen LogP contribution in [-0.2, 0) is 0 Å². The third kappa shape index (κ3) is 3.35. The number of ether oxygens (including phenoxy) is 1. The van der Waals surface area contributed by atoms with E-state index in [9.17, 15) is 10.2 Å². The molecule has 7 heteroatoms. The predicted octanol–water partition coefficient (Wildman–Crippen LogP) is 2.61. The minimum atomic E-state index is -0.689. The van der Waals surface area contributed by atoms with Crippen molar-refractivity contribution in [2.75, 3.05) is 0 Å². The molecule has 4 N–H and O–H groups in total. The first-order chi connectivity index (χ1) is 12.1. The van der Waals surface area contributed by atoms with Gasteiger partial charge in [0.25, 0.3) is 0 Å². The monoisotopic (exact) mass is 336 g/mol. The van der Waals surface area contributed by atoms with E-state index < -0.39 is 6.10 Å². The van der Waals surface area contributed by atoms with E-state index in [2.05, 4.69) is 22.5 Å². The molecule has 0 bridgehead atoms. The van der Waals surface area contributed by atoms with Gasteiger partial charge in [-0.3, -0.25) is 0 Å². The van der Waals surface area contributed by atoms with Gasteiger partial charge in [0.2, 0.25) is 0 Å². The van der Waals surface area contributed by atoms with Crippen molar-refractivity contribution >= 4 is 30.3 Å². The number of phenolic OH excluding ortho intramolecular Hbond substituents is 2. The van der Waals surface area contributed by atoms with Gasteiger partial charge in [-0.1, -0.05) is 12.1 Å². The third-order valence-electron chi connectivity index (χ3n) is 3.70. The lowest BCUT2D eigenvalue weighted by molar-refractivity contribution is 0.316. The fraction of sp³-hybridized carbons (Fsp3) is 0.0556. The Morgan fingerprint density at radius 1 is 1.16 bits per heavy atom. The lowest BCUT2D eigenvalue weighted by Gasteiger charge is -2.27. The summed E-state index contributed by atoms with van der Waals surface area (Å²) in [6, 6.07) is 11.5. The molecule has 0 aliphatic carbocycles. The average molecular weight is 336 g/mol. The Bertz CT molecular complexity index is 872. The summed E-state index contributed by atoms with van der Waals surface area (Å²) in [7, 11) is 0. The number of hydrazone groups is 2. The van der Waals surface area contributed by atoms with Crippen LogP contribution in [0.3, 0.4) is 0 Å². The second-order valence-electron chi connectivity index (χ2n) is 5.31. The third-order valence-corrected chi connectivity index (χ3v) is 3.70. The number of hydrogen-bond acceptors (Lipinski definition) is 7. The van der Waals surface area contributed by atoms with Gasteiger partial charge >= 0.3 is 0 Å². The van der Waals surface area contributed by atoms with Gasteiger partial charge in [-0.25, -0.2) is 0 Å². The highest BCUT2D eigenvalue weighted by molar-refractivity contribution is 6.35. The van der Waals surface area contributed by atoms with Crippen LogP contribution in [-0.4, -0.2) is 35.0 Å². The fourth-order valence-electron chi connectivity index (χ4n) is 2.55. The van der Waals surface area contributed by atoms with Crippen LogP contribution in [0.1, 0.15) is 11.1 Å². The van der Waals surface area contributed by atoms with Crippen molar-refractivity contribution in [3.63, 3.8) is 0 Å². The maximum atomic E-state index is 9.69. The summed E-state index contributed by atoms with van der Waals surface area (Å²) < 4.78 is 5.99. The lowest BCUT2D eigenvalue weighted by atomic mass is 9.92. The molecule has 0 spiro atoms. The zero-order valence-corrected chi connectivity index (χ0v) is 13.2. The molecule has 2 aromatic rings. The van der Waals surface area contributed by atoms with Crippen molar-refractivity contribution in [1.82, 2.24) is 5.53 Å². The van der Waals surface area contributed by atoms with E-state index in [1.165, 1.54) is 6.07 Å². The van der Waals surface area contributed by atoms with E-state index in [1.54, 1.807) is 36.4 Å². The van der Waals surface area contributed by atoms with Crippen molar-refractivity contribution in [3.05, 3.63) is 53.6 Å². The molecule has 3 rings (SSSR count). The van der Waals surface area contributed by atoms with Gasteiger partial charge in [0.1, 0.15) is 23.0 Å². The summed E-state index contributed by atoms with van der Waals surface area (Å²) in [5.74, 6) is 0.716. The van der Waals surface area contributed by atoms with Gasteiger partial charge < -0.3 is 20.4 Å². The van der Waals surface area contributed by atoms with E-state index in [0.717, 1.165) is 22.9 Å². The molecule has 7 nitrogen and oxygen atoms in total. The van der Waals surface area contributed by atoms with E-state index in [0.29, 0.717) is 5.75 Å². The SMILES string of the molecule is C=NNN=C(C=N)C1Oc2cc(O)ccc2C=C1c1ccc(O)cc1. The smallest absolute Gasteiger partial charge is 0.170 e. The number of phenols is 2. The Balaban J connectivity index is 2.12. The molecule has 1 heterocycles. The van der Waals surface area contributed by atoms with Gasteiger partial charge in [-0.2, -0.15) is 15.7 Å². The van der Waals surface area contributed by atoms with Crippen LogP contribution in [0.25, 0.3) is 11.6 Å². The highest BCUT2D eigenvalue weighted by Gasteiger charge is 2.28. The first kappa shape index (κ1) is 16.3. The van der Waals surface area contributed by atoms with Gasteiger partial charge in [-0.05, 0) is 35.9 Å². The molecule has 0 fully saturated rings. The molecule has 1 aliphatic heterocycles. The number of nitrogens with one attached hydrogen (secondary N) is 2. The summed E-state index contributed by atoms with van der Waals surface area (Å²) in [4.78, 5) is 0. The Labute approximate surface area is 144 Å². The number of benzene rings is 2. The molecule has 0 radical (unpaired) electrons. The average Bonchev–Trinajstić information content (AvgIpc) is 2.62. The molecular weight excluding hydrogens is 320 g/mol. The summed E-state index contributed by atoms with van der Waals surface area (Å²) in [6.45, 7) is 3.29. The summed E-state index contributed by atoms with van der Waals surface area (Å²) in [6.07, 6.45) is 2.27. The van der Waals surface area contributed by atoms with Crippen LogP contribution in [0.5, 0.6) is 17.2 Å². The summed E-state index contributed by atoms with van der Waals surface area (Å²) in [5, 5.41) is 34.3. The fourth-order valence-corrected chi connectivity index (χ4v) is 2.55. The van der Waals surface area contributed by atoms with Gasteiger partial charge in [0.05, 0.1) is 0 Å². The van der Waals surface area contributed by atoms with Crippen molar-refractivity contribution in [2.24, 2.45) is 10.2 Å². The molecule has 1 aliphatic rings. The number of aromatic hydroxyl groups is 2. The number of rotatable bonds is 5. The van der Waals surface area contributed by atoms with Crippen LogP contribution in [0.2, 0.25) is 0 Å². The van der Waals surface area contributed by atoms with Crippen LogP contribution < -0.4 is 10.3 Å². The van der Waals surface area contributed by atoms with Crippen molar-refractivity contribution in [1.29, 1.82) is 5.41 Å². The molecule has 0 amide bonds. The molecule has 2 aromatic carbocycles. The van der Waals surface area contributed by atoms with Crippen molar-refractivity contribution in [3.8, 4) is 17.2 Å². The number of hydrogen-bond donors (Lipinski definition) is 4. The molecule has 0 saturated heterocycles. The van der Waals surface area contributed by atoms with Crippen molar-refractivity contribution in [2.45, 2.75) is 6.10 Å². The van der Waals surface area contributed by atoms with E-state index in [-0.39, 0.29) is 17.2 Å². The maximum absolute atomic E-state index is 9.69. The second kappa shape index (κ2) is 6.88. The topological polar surface area (TPSA) is 110 Å². The zero-order chi connectivity index (χ0) is 17.8. The van der Waals surface area contributed by atoms with E-state index >= 15 is 0 Å². The second-order valence-corrected chi connectivity index (χ2v) is 5.31. The highest BCUT2D eigenvalue weighted by atomic mass is 16.5. The number of nitrogens with zero attached hydrogens (tertiary/aromatic N) is 2. The van der Waals surface area contributed by atoms with E-state index in [1.807, 2.05) is 6.08 Å². The molecule has 1 unspecified atom stereocenters. The van der Waals surface area contributed by atoms with Crippen LogP contribution in [0.15, 0.2) is 52.7 Å². The standard InChI is InChI=1S/C18H16N4O3/c1-20-22-21-16(10-19)18-15(11-2-5-13(23)6-3-11)8-12-4-7-14(24)9-17(12)25-18/h2-10,18-19,22-24H,1H2. The Kier molecular flexibility index (Phi) is 4.47. The molecule has 126 valence electrons. The normalized spacial score (nSPS) is 16.2. The van der Waals surface area contributed by atoms with Gasteiger partial charge in [0.15, 0.2) is 6.10 Å². The Morgan fingerprint density at radius 3 is 2.56 bits per heavy atom. The maximum Gasteiger partial charge on any atom is 0.170 e. The molecular formula is C18H16N4O3. The van der Waals surface area contributed by atoms with Crippen LogP contribution in [0.4, 0.5) is 0 Å². The van der Waals surface area contributed by atoms with Crippen LogP contribution in [0, 0.1) is 5.41 Å². The summed E-state index contributed by atoms with van der Waals surface area (Å²) >= 11 is 0. The molecule has 1 atom stereocenters. The van der Waals surface area contributed by atoms with Gasteiger partial charge in [-0.15, -0.1) is 0 Å². The Morgan fingerprint density at radius 2 is 1.88 bits per heavy atom. The summed E-state index contributed by atoms with van der Waals surface area (Å²) in [5.41, 5.74) is 5.00. The zero-order valence-electron chi connectivity index (χ0n) is 13.2. The quantitative estimate of drug-likeness (QED) is 0.497. The van der Waals surface area contributed by atoms with E-state index in [4.69, 9.17) is 10.1 Å².